The van der Waals surface area contributed by atoms with Gasteiger partial charge in [0.1, 0.15) is 17.3 Å². The average Bonchev–Trinajstić information content (AvgIpc) is 3.71. The molecule has 3 heterocycles. The number of halogens is 5. The molecule has 3 N–H and O–H groups in total. The number of pyridine rings is 1. The third kappa shape index (κ3) is 9.60. The van der Waals surface area contributed by atoms with E-state index in [2.05, 4.69) is 15.0 Å². The Hall–Kier alpha value is -5.77. The molecular weight excluding hydrogens is 776 g/mol. The minimum Gasteiger partial charge on any atom is -0.489 e. The monoisotopic (exact) mass is 804 g/mol. The third-order valence-corrected chi connectivity index (χ3v) is 8.82. The number of anilines is 2. The smallest absolute Gasteiger partial charge is 0.433 e. The summed E-state index contributed by atoms with van der Waals surface area (Å²) in [5, 5.41) is 9.54. The van der Waals surface area contributed by atoms with Crippen LogP contribution >= 0.6 is 11.6 Å². The Kier molecular flexibility index (Phi) is 12.5. The molecule has 0 spiro atoms. The number of alkyl halides is 3. The summed E-state index contributed by atoms with van der Waals surface area (Å²) in [7, 11) is -2.66. The number of nitrogens with zero attached hydrogens (tertiary/aromatic N) is 4. The van der Waals surface area contributed by atoms with E-state index in [0.29, 0.717) is 22.6 Å². The van der Waals surface area contributed by atoms with Gasteiger partial charge in [0.15, 0.2) is 10.8 Å². The van der Waals surface area contributed by atoms with Crippen LogP contribution in [0.25, 0.3) is 0 Å². The topological polar surface area (TPSA) is 226 Å². The van der Waals surface area contributed by atoms with Gasteiger partial charge in [0, 0.05) is 6.07 Å². The molecule has 2 aliphatic rings. The van der Waals surface area contributed by atoms with Crippen LogP contribution in [0.5, 0.6) is 17.5 Å². The van der Waals surface area contributed by atoms with Crippen molar-refractivity contribution in [2.75, 3.05) is 24.4 Å². The molecule has 1 aliphatic carbocycles. The normalized spacial score (nSPS) is 14.5. The number of ether oxygens (including phenoxy) is 4. The summed E-state index contributed by atoms with van der Waals surface area (Å²) >= 11 is 6.04. The number of aromatic nitrogens is 3. The Morgan fingerprint density at radius 3 is 2.15 bits per heavy atom. The number of methoxy groups -OCH3 is 2. The third-order valence-electron chi connectivity index (χ3n) is 7.25. The zero-order valence-electron chi connectivity index (χ0n) is 28.4. The molecule has 0 unspecified atom stereocenters. The van der Waals surface area contributed by atoms with Crippen LogP contribution in [0.4, 0.5) is 38.8 Å². The quantitative estimate of drug-likeness (QED) is 0.174. The second-order valence-electron chi connectivity index (χ2n) is 11.3. The second kappa shape index (κ2) is 16.5. The number of benzene rings is 1. The summed E-state index contributed by atoms with van der Waals surface area (Å²) in [6.45, 7) is 3.27. The van der Waals surface area contributed by atoms with Gasteiger partial charge < -0.3 is 24.1 Å². The van der Waals surface area contributed by atoms with Crippen molar-refractivity contribution in [3.05, 3.63) is 63.8 Å². The maximum absolute atomic E-state index is 14.3. The van der Waals surface area contributed by atoms with Crippen molar-refractivity contribution >= 4 is 57.3 Å². The Morgan fingerprint density at radius 1 is 1.02 bits per heavy atom. The van der Waals surface area contributed by atoms with Crippen molar-refractivity contribution in [2.24, 2.45) is 0 Å². The van der Waals surface area contributed by atoms with Crippen molar-refractivity contribution in [1.82, 2.24) is 19.7 Å². The second-order valence-corrected chi connectivity index (χ2v) is 13.3. The highest BCUT2D eigenvalue weighted by Crippen LogP contribution is 2.37. The van der Waals surface area contributed by atoms with Gasteiger partial charge in [-0.3, -0.25) is 10.1 Å². The summed E-state index contributed by atoms with van der Waals surface area (Å²) in [6, 6.07) is 2.75. The largest absolute Gasteiger partial charge is 0.489 e. The Morgan fingerprint density at radius 2 is 1.63 bits per heavy atom. The van der Waals surface area contributed by atoms with Gasteiger partial charge in [-0.2, -0.15) is 31.6 Å². The van der Waals surface area contributed by atoms with E-state index < -0.39 is 68.2 Å². The number of aromatic carboxylic acids is 1. The zero-order chi connectivity index (χ0) is 40.1. The first kappa shape index (κ1) is 41.0. The number of hydrogen-bond acceptors (Lipinski definition) is 13. The van der Waals surface area contributed by atoms with E-state index in [1.165, 1.54) is 31.1 Å². The molecule has 2 aromatic heterocycles. The highest BCUT2D eigenvalue weighted by molar-refractivity contribution is 7.90. The van der Waals surface area contributed by atoms with Crippen LogP contribution in [-0.2, 0) is 25.7 Å². The summed E-state index contributed by atoms with van der Waals surface area (Å²) in [6.07, 6.45) is -2.06. The first-order valence-electron chi connectivity index (χ1n) is 15.3. The van der Waals surface area contributed by atoms with Crippen LogP contribution in [0.2, 0.25) is 5.02 Å². The van der Waals surface area contributed by atoms with Gasteiger partial charge in [-0.1, -0.05) is 11.6 Å². The lowest BCUT2D eigenvalue weighted by atomic mass is 10.2. The SMILES string of the molecule is CC(C)=C1OC(=O)N(c2cc(OC3CCCC3)c(Cl)cc2F)C1=O.COc1cc(OC)nc(NC(=O)NS(=O)(=O)c2nc(C(F)(F)F)ccc2C(=O)O)n1. The lowest BCUT2D eigenvalue weighted by Crippen LogP contribution is -2.36. The number of carbonyl (C=O) groups excluding carboxylic acids is 3. The number of allylic oxidation sites excluding steroid dienone is 1. The number of nitrogens with one attached hydrogen (secondary N) is 2. The van der Waals surface area contributed by atoms with Crippen LogP contribution < -0.4 is 29.1 Å². The van der Waals surface area contributed by atoms with E-state index in [1.54, 1.807) is 13.8 Å². The Balaban J connectivity index is 0.000000246. The molecule has 5 rings (SSSR count). The molecule has 290 valence electrons. The van der Waals surface area contributed by atoms with Gasteiger partial charge in [0.2, 0.25) is 17.7 Å². The lowest BCUT2D eigenvalue weighted by Gasteiger charge is -2.18. The minimum atomic E-state index is -5.14. The molecule has 0 atom stereocenters. The van der Waals surface area contributed by atoms with Gasteiger partial charge >= 0.3 is 30.2 Å². The van der Waals surface area contributed by atoms with Gasteiger partial charge in [0.25, 0.3) is 10.0 Å². The number of imide groups is 1. The fourth-order valence-electron chi connectivity index (χ4n) is 4.78. The van der Waals surface area contributed by atoms with Gasteiger partial charge in [-0.15, -0.1) is 0 Å². The molecule has 2 fully saturated rings. The van der Waals surface area contributed by atoms with Crippen LogP contribution in [-0.4, -0.2) is 72.8 Å². The molecular formula is C31H29ClF4N6O11S. The molecule has 1 aliphatic heterocycles. The molecule has 4 amide bonds. The molecule has 54 heavy (non-hydrogen) atoms. The fourth-order valence-corrected chi connectivity index (χ4v) is 6.03. The predicted octanol–water partition coefficient (Wildman–Crippen LogP) is 5.69. The number of carboxylic acids is 1. The summed E-state index contributed by atoms with van der Waals surface area (Å²) < 4.78 is 99.2. The van der Waals surface area contributed by atoms with Crippen molar-refractivity contribution in [2.45, 2.75) is 56.8 Å². The molecule has 0 bridgehead atoms. The van der Waals surface area contributed by atoms with Crippen LogP contribution in [0.1, 0.15) is 55.6 Å². The Bertz CT molecular complexity index is 2100. The van der Waals surface area contributed by atoms with Crippen molar-refractivity contribution < 1.29 is 69.2 Å². The summed E-state index contributed by atoms with van der Waals surface area (Å²) in [5.41, 5.74) is -2.44. The van der Waals surface area contributed by atoms with E-state index in [-0.39, 0.29) is 40.1 Å². The van der Waals surface area contributed by atoms with E-state index in [9.17, 15) is 45.2 Å². The van der Waals surface area contributed by atoms with E-state index in [1.807, 2.05) is 5.32 Å². The molecule has 23 heteroatoms. The molecule has 0 radical (unpaired) electrons. The van der Waals surface area contributed by atoms with Crippen LogP contribution in [0, 0.1) is 5.82 Å². The standard InChI is InChI=1S/C17H17ClFNO4.C14H12F3N5O7S/c1-9(2)15-16(21)20(17(22)24-15)13-8-14(11(18)7-12(13)19)23-10-5-3-4-6-10;1-28-8-5-9(29-2)20-12(19-8)21-13(25)22-30(26,27)10-6(11(23)24)3-4-7(18-10)14(15,16)17/h7-8,10H,3-6H2,1-2H3;3-5H,1-2H3,(H,23,24)(H2,19,20,21,22,25). The van der Waals surface area contributed by atoms with Gasteiger partial charge in [0.05, 0.1) is 42.7 Å². The molecule has 17 nitrogen and oxygen atoms in total. The number of carboxylic acid groups (broad SMARTS) is 1. The molecule has 1 saturated heterocycles. The first-order valence-corrected chi connectivity index (χ1v) is 17.1. The predicted molar refractivity (Wildman–Crippen MR) is 177 cm³/mol. The van der Waals surface area contributed by atoms with E-state index >= 15 is 0 Å². The highest BCUT2D eigenvalue weighted by atomic mass is 35.5. The minimum absolute atomic E-state index is 0.00962. The maximum Gasteiger partial charge on any atom is 0.433 e. The fraction of sp³-hybridized carbons (Fsp3) is 0.323. The molecule has 1 aromatic carbocycles. The maximum atomic E-state index is 14.3. The highest BCUT2D eigenvalue weighted by Gasteiger charge is 2.40. The summed E-state index contributed by atoms with van der Waals surface area (Å²) in [5.74, 6) is -3.81. The number of cyclic esters (lactones) is 1. The average molecular weight is 805 g/mol. The van der Waals surface area contributed by atoms with Gasteiger partial charge in [-0.05, 0) is 63.3 Å². The first-order chi connectivity index (χ1) is 25.2. The van der Waals surface area contributed by atoms with Gasteiger partial charge in [-0.25, -0.2) is 33.4 Å². The van der Waals surface area contributed by atoms with E-state index in [4.69, 9.17) is 35.7 Å². The Labute approximate surface area is 308 Å². The van der Waals surface area contributed by atoms with Crippen molar-refractivity contribution in [3.63, 3.8) is 0 Å². The number of amides is 4. The number of urea groups is 1. The number of carbonyl (C=O) groups is 4. The molecule has 3 aromatic rings. The lowest BCUT2D eigenvalue weighted by molar-refractivity contribution is -0.141. The van der Waals surface area contributed by atoms with Crippen LogP contribution in [0.15, 0.2) is 46.7 Å². The van der Waals surface area contributed by atoms with Crippen LogP contribution in [0.3, 0.4) is 0 Å². The zero-order valence-corrected chi connectivity index (χ0v) is 30.0. The van der Waals surface area contributed by atoms with Crippen molar-refractivity contribution in [1.29, 1.82) is 0 Å². The molecule has 1 saturated carbocycles. The number of hydrogen-bond donors (Lipinski definition) is 3. The van der Waals surface area contributed by atoms with E-state index in [0.717, 1.165) is 31.7 Å². The summed E-state index contributed by atoms with van der Waals surface area (Å²) in [4.78, 5) is 58.4. The number of sulfonamides is 1. The van der Waals surface area contributed by atoms with Crippen molar-refractivity contribution in [3.8, 4) is 17.5 Å². The number of rotatable bonds is 9.